The Kier molecular flexibility index (Phi) is 6.09. The molecule has 0 aliphatic rings. The van der Waals surface area contributed by atoms with Gasteiger partial charge in [-0.1, -0.05) is 17.7 Å². The van der Waals surface area contributed by atoms with E-state index < -0.39 is 30.7 Å². The molecular weight excluding hydrogens is 262 g/mol. The Bertz CT molecular complexity index is 434. The van der Waals surface area contributed by atoms with E-state index >= 15 is 0 Å². The quantitative estimate of drug-likeness (QED) is 0.516. The number of rotatable bonds is 7. The fourth-order valence-corrected chi connectivity index (χ4v) is 1.73. The Hall–Kier alpha value is -1.47. The van der Waals surface area contributed by atoms with Gasteiger partial charge in [-0.3, -0.25) is 4.79 Å². The van der Waals surface area contributed by atoms with Gasteiger partial charge >= 0.3 is 0 Å². The first-order valence-electron chi connectivity index (χ1n) is 6.32. The molecule has 0 aliphatic heterocycles. The molecule has 0 radical (unpaired) electrons. The third-order valence-electron chi connectivity index (χ3n) is 3.10. The SMILES string of the molecule is Cc1ccc(N(C)CC(=O)[C@@H](O)[C@H](O)[C@H](O)CO)cc1. The van der Waals surface area contributed by atoms with Crippen LogP contribution in [0.1, 0.15) is 5.56 Å². The Morgan fingerprint density at radius 2 is 1.75 bits per heavy atom. The van der Waals surface area contributed by atoms with Gasteiger partial charge in [-0.25, -0.2) is 0 Å². The van der Waals surface area contributed by atoms with Gasteiger partial charge in [0.25, 0.3) is 0 Å². The van der Waals surface area contributed by atoms with Crippen molar-refractivity contribution in [2.24, 2.45) is 0 Å². The number of carbonyl (C=O) groups excluding carboxylic acids is 1. The lowest BCUT2D eigenvalue weighted by atomic mass is 10.0. The molecule has 112 valence electrons. The molecule has 1 aromatic carbocycles. The molecule has 0 amide bonds. The average Bonchev–Trinajstić information content (AvgIpc) is 2.45. The second kappa shape index (κ2) is 7.35. The van der Waals surface area contributed by atoms with E-state index in [0.717, 1.165) is 11.3 Å². The maximum atomic E-state index is 11.8. The van der Waals surface area contributed by atoms with Gasteiger partial charge in [-0.05, 0) is 19.1 Å². The molecule has 0 saturated carbocycles. The maximum Gasteiger partial charge on any atom is 0.183 e. The molecular formula is C14H21NO5. The highest BCUT2D eigenvalue weighted by molar-refractivity contribution is 5.87. The zero-order chi connectivity index (χ0) is 15.3. The van der Waals surface area contributed by atoms with E-state index in [2.05, 4.69) is 0 Å². The van der Waals surface area contributed by atoms with Crippen molar-refractivity contribution in [3.63, 3.8) is 0 Å². The molecule has 0 bridgehead atoms. The number of ketones is 1. The number of hydrogen-bond acceptors (Lipinski definition) is 6. The van der Waals surface area contributed by atoms with Crippen LogP contribution in [0.2, 0.25) is 0 Å². The third kappa shape index (κ3) is 4.28. The molecule has 6 nitrogen and oxygen atoms in total. The second-order valence-electron chi connectivity index (χ2n) is 4.84. The van der Waals surface area contributed by atoms with E-state index in [0.29, 0.717) is 0 Å². The molecule has 1 rings (SSSR count). The summed E-state index contributed by atoms with van der Waals surface area (Å²) in [7, 11) is 1.68. The standard InChI is InChI=1S/C14H21NO5/c1-9-3-5-10(6-4-9)15(2)7-11(17)13(19)14(20)12(18)8-16/h3-6,12-14,16,18-20H,7-8H2,1-2H3/t12-,13-,14-/m1/s1. The van der Waals surface area contributed by atoms with Gasteiger partial charge in [0.05, 0.1) is 13.2 Å². The Labute approximate surface area is 117 Å². The lowest BCUT2D eigenvalue weighted by Gasteiger charge is -2.24. The molecule has 0 spiro atoms. The highest BCUT2D eigenvalue weighted by Gasteiger charge is 2.30. The smallest absolute Gasteiger partial charge is 0.183 e. The van der Waals surface area contributed by atoms with E-state index in [1.165, 1.54) is 0 Å². The van der Waals surface area contributed by atoms with Crippen molar-refractivity contribution in [2.45, 2.75) is 25.2 Å². The van der Waals surface area contributed by atoms with Crippen molar-refractivity contribution >= 4 is 11.5 Å². The van der Waals surface area contributed by atoms with Gasteiger partial charge in [-0.15, -0.1) is 0 Å². The first kappa shape index (κ1) is 16.6. The highest BCUT2D eigenvalue weighted by Crippen LogP contribution is 2.13. The number of nitrogens with zero attached hydrogens (tertiary/aromatic N) is 1. The summed E-state index contributed by atoms with van der Waals surface area (Å²) < 4.78 is 0. The molecule has 1 aromatic rings. The monoisotopic (exact) mass is 283 g/mol. The summed E-state index contributed by atoms with van der Waals surface area (Å²) in [6.07, 6.45) is -4.97. The molecule has 0 aromatic heterocycles. The number of aliphatic hydroxyl groups excluding tert-OH is 4. The minimum absolute atomic E-state index is 0.112. The fraction of sp³-hybridized carbons (Fsp3) is 0.500. The predicted molar refractivity (Wildman–Crippen MR) is 74.6 cm³/mol. The van der Waals surface area contributed by atoms with Crippen LogP contribution in [0, 0.1) is 6.92 Å². The van der Waals surface area contributed by atoms with Crippen LogP contribution in [-0.2, 0) is 4.79 Å². The first-order valence-corrected chi connectivity index (χ1v) is 6.32. The summed E-state index contributed by atoms with van der Waals surface area (Å²) in [4.78, 5) is 13.4. The largest absolute Gasteiger partial charge is 0.394 e. The van der Waals surface area contributed by atoms with Crippen molar-refractivity contribution < 1.29 is 25.2 Å². The zero-order valence-corrected chi connectivity index (χ0v) is 11.6. The van der Waals surface area contributed by atoms with Crippen LogP contribution < -0.4 is 4.90 Å². The van der Waals surface area contributed by atoms with E-state index in [1.54, 1.807) is 11.9 Å². The van der Waals surface area contributed by atoms with Crippen LogP contribution in [0.5, 0.6) is 0 Å². The van der Waals surface area contributed by atoms with Crippen LogP contribution in [0.15, 0.2) is 24.3 Å². The summed E-state index contributed by atoms with van der Waals surface area (Å²) in [6.45, 7) is 1.12. The summed E-state index contributed by atoms with van der Waals surface area (Å²) in [5.41, 5.74) is 1.89. The second-order valence-corrected chi connectivity index (χ2v) is 4.84. The molecule has 6 heteroatoms. The van der Waals surface area contributed by atoms with Crippen LogP contribution in [0.25, 0.3) is 0 Å². The minimum atomic E-state index is -1.73. The summed E-state index contributed by atoms with van der Waals surface area (Å²) >= 11 is 0. The van der Waals surface area contributed by atoms with E-state index in [9.17, 15) is 20.1 Å². The van der Waals surface area contributed by atoms with Crippen molar-refractivity contribution in [3.05, 3.63) is 29.8 Å². The van der Waals surface area contributed by atoms with Gasteiger partial charge in [0.1, 0.15) is 18.3 Å². The summed E-state index contributed by atoms with van der Waals surface area (Å²) in [5, 5.41) is 37.0. The Morgan fingerprint density at radius 3 is 2.25 bits per heavy atom. The van der Waals surface area contributed by atoms with E-state index in [4.69, 9.17) is 5.11 Å². The summed E-state index contributed by atoms with van der Waals surface area (Å²) in [5.74, 6) is -0.631. The fourth-order valence-electron chi connectivity index (χ4n) is 1.73. The number of hydrogen-bond donors (Lipinski definition) is 4. The van der Waals surface area contributed by atoms with Crippen molar-refractivity contribution in [1.29, 1.82) is 0 Å². The highest BCUT2D eigenvalue weighted by atomic mass is 16.4. The summed E-state index contributed by atoms with van der Waals surface area (Å²) in [6, 6.07) is 7.48. The first-order chi connectivity index (χ1) is 9.36. The molecule has 20 heavy (non-hydrogen) atoms. The maximum absolute atomic E-state index is 11.8. The van der Waals surface area contributed by atoms with Crippen LogP contribution >= 0.6 is 0 Å². The number of carbonyl (C=O) groups is 1. The van der Waals surface area contributed by atoms with E-state index in [1.807, 2.05) is 31.2 Å². The molecule has 0 unspecified atom stereocenters. The predicted octanol–water partition coefficient (Wildman–Crippen LogP) is -0.925. The number of Topliss-reactive ketones (excluding diaryl/α,β-unsaturated/α-hetero) is 1. The number of anilines is 1. The Balaban J connectivity index is 2.63. The average molecular weight is 283 g/mol. The van der Waals surface area contributed by atoms with Gasteiger partial charge < -0.3 is 25.3 Å². The molecule has 0 fully saturated rings. The number of likely N-dealkylation sites (N-methyl/N-ethyl adjacent to an activating group) is 1. The lowest BCUT2D eigenvalue weighted by Crippen LogP contribution is -2.46. The molecule has 0 heterocycles. The van der Waals surface area contributed by atoms with Crippen molar-refractivity contribution in [2.75, 3.05) is 25.1 Å². The van der Waals surface area contributed by atoms with Crippen LogP contribution in [0.3, 0.4) is 0 Å². The number of benzene rings is 1. The molecule has 4 N–H and O–H groups in total. The van der Waals surface area contributed by atoms with Gasteiger partial charge in [0.2, 0.25) is 0 Å². The number of aryl methyl sites for hydroxylation is 1. The van der Waals surface area contributed by atoms with Gasteiger partial charge in [0.15, 0.2) is 5.78 Å². The molecule has 0 aliphatic carbocycles. The van der Waals surface area contributed by atoms with Crippen LogP contribution in [0.4, 0.5) is 5.69 Å². The normalized spacial score (nSPS) is 15.5. The topological polar surface area (TPSA) is 101 Å². The van der Waals surface area contributed by atoms with Crippen molar-refractivity contribution in [1.82, 2.24) is 0 Å². The van der Waals surface area contributed by atoms with E-state index in [-0.39, 0.29) is 6.54 Å². The molecule has 0 saturated heterocycles. The van der Waals surface area contributed by atoms with Crippen molar-refractivity contribution in [3.8, 4) is 0 Å². The van der Waals surface area contributed by atoms with Crippen LogP contribution in [-0.4, -0.2) is 64.7 Å². The Morgan fingerprint density at radius 1 is 1.20 bits per heavy atom. The number of aliphatic hydroxyl groups is 4. The molecule has 3 atom stereocenters. The lowest BCUT2D eigenvalue weighted by molar-refractivity contribution is -0.138. The zero-order valence-electron chi connectivity index (χ0n) is 11.6. The minimum Gasteiger partial charge on any atom is -0.394 e. The van der Waals surface area contributed by atoms with Gasteiger partial charge in [0, 0.05) is 12.7 Å². The third-order valence-corrected chi connectivity index (χ3v) is 3.10. The van der Waals surface area contributed by atoms with Gasteiger partial charge in [-0.2, -0.15) is 0 Å².